The van der Waals surface area contributed by atoms with Crippen molar-refractivity contribution in [3.8, 4) is 0 Å². The second kappa shape index (κ2) is 10.9. The van der Waals surface area contributed by atoms with E-state index in [1.165, 1.54) is 19.2 Å². The van der Waals surface area contributed by atoms with Crippen LogP contribution in [-0.2, 0) is 24.3 Å². The van der Waals surface area contributed by atoms with E-state index in [1.807, 2.05) is 4.72 Å². The van der Waals surface area contributed by atoms with Crippen molar-refractivity contribution in [1.29, 1.82) is 0 Å². The minimum atomic E-state index is -4.19. The molecule has 0 radical (unpaired) electrons. The number of nitrogens with zero attached hydrogens (tertiary/aromatic N) is 1. The summed E-state index contributed by atoms with van der Waals surface area (Å²) < 4.78 is 31.4. The quantitative estimate of drug-likeness (QED) is 0.223. The summed E-state index contributed by atoms with van der Waals surface area (Å²) in [6.07, 6.45) is 6.14. The van der Waals surface area contributed by atoms with Gasteiger partial charge < -0.3 is 15.4 Å². The summed E-state index contributed by atoms with van der Waals surface area (Å²) in [6.45, 7) is -1.21. The van der Waals surface area contributed by atoms with Gasteiger partial charge >= 0.3 is 5.97 Å². The monoisotopic (exact) mass is 442 g/mol. The molecule has 0 atom stereocenters. The van der Waals surface area contributed by atoms with E-state index >= 15 is 0 Å². The smallest absolute Gasteiger partial charge is 0.321 e. The Hall–Kier alpha value is -2.73. The first kappa shape index (κ1) is 23.5. The fraction of sp³-hybridized carbons (Fsp3) is 0.556. The molecular weight excluding hydrogens is 416 g/mol. The van der Waals surface area contributed by atoms with E-state index in [9.17, 15) is 28.1 Å². The van der Waals surface area contributed by atoms with Crippen molar-refractivity contribution < 1.29 is 27.7 Å². The molecule has 0 heterocycles. The standard InChI is InChI=1S/C18H26N4O7S/c1-19-15-9-8-14(10-16(15)22(25)26)30(27,28)20-11-18(24)29-12-17(23)21-13-6-4-2-3-5-7-13/h8-10,13,19-20H,2-7,11-12H2,1H3,(H,21,23). The number of benzene rings is 1. The van der Waals surface area contributed by atoms with Crippen LogP contribution in [0.3, 0.4) is 0 Å². The average molecular weight is 442 g/mol. The summed E-state index contributed by atoms with van der Waals surface area (Å²) in [4.78, 5) is 33.7. The van der Waals surface area contributed by atoms with E-state index in [1.54, 1.807) is 0 Å². The van der Waals surface area contributed by atoms with Gasteiger partial charge in [0.1, 0.15) is 12.2 Å². The molecule has 30 heavy (non-hydrogen) atoms. The second-order valence-electron chi connectivity index (χ2n) is 6.93. The number of hydrogen-bond donors (Lipinski definition) is 3. The van der Waals surface area contributed by atoms with Crippen molar-refractivity contribution in [2.45, 2.75) is 49.5 Å². The fourth-order valence-electron chi connectivity index (χ4n) is 3.17. The van der Waals surface area contributed by atoms with Gasteiger partial charge in [0, 0.05) is 19.2 Å². The zero-order valence-corrected chi connectivity index (χ0v) is 17.5. The van der Waals surface area contributed by atoms with E-state index in [0.29, 0.717) is 0 Å². The Morgan fingerprint density at radius 2 is 1.87 bits per heavy atom. The summed E-state index contributed by atoms with van der Waals surface area (Å²) >= 11 is 0. The maximum atomic E-state index is 12.3. The Bertz CT molecular complexity index is 881. The number of esters is 1. The largest absolute Gasteiger partial charge is 0.455 e. The number of anilines is 1. The van der Waals surface area contributed by atoms with Gasteiger partial charge in [0.15, 0.2) is 6.61 Å². The van der Waals surface area contributed by atoms with Crippen molar-refractivity contribution in [1.82, 2.24) is 10.0 Å². The van der Waals surface area contributed by atoms with Gasteiger partial charge in [-0.3, -0.25) is 19.7 Å². The molecular formula is C18H26N4O7S. The third-order valence-corrected chi connectivity index (χ3v) is 6.14. The molecule has 1 aliphatic rings. The Labute approximate surface area is 174 Å². The lowest BCUT2D eigenvalue weighted by atomic mass is 10.1. The first-order valence-corrected chi connectivity index (χ1v) is 11.1. The molecule has 11 nitrogen and oxygen atoms in total. The highest BCUT2D eigenvalue weighted by Crippen LogP contribution is 2.27. The average Bonchev–Trinajstić information content (AvgIpc) is 2.98. The molecule has 0 aromatic heterocycles. The van der Waals surface area contributed by atoms with Crippen LogP contribution in [0.2, 0.25) is 0 Å². The third kappa shape index (κ3) is 6.95. The first-order chi connectivity index (χ1) is 14.2. The van der Waals surface area contributed by atoms with Crippen molar-refractivity contribution in [2.24, 2.45) is 0 Å². The summed E-state index contributed by atoms with van der Waals surface area (Å²) in [5.74, 6) is -1.37. The molecule has 166 valence electrons. The summed E-state index contributed by atoms with van der Waals surface area (Å²) in [6, 6.07) is 3.38. The fourth-order valence-corrected chi connectivity index (χ4v) is 4.16. The van der Waals surface area contributed by atoms with Gasteiger partial charge in [-0.2, -0.15) is 4.72 Å². The van der Waals surface area contributed by atoms with Crippen LogP contribution >= 0.6 is 0 Å². The molecule has 12 heteroatoms. The third-order valence-electron chi connectivity index (χ3n) is 4.74. The molecule has 0 aliphatic heterocycles. The van der Waals surface area contributed by atoms with Crippen LogP contribution in [0, 0.1) is 10.1 Å². The number of nitro groups is 1. The second-order valence-corrected chi connectivity index (χ2v) is 8.69. The van der Waals surface area contributed by atoms with Crippen LogP contribution in [0.5, 0.6) is 0 Å². The van der Waals surface area contributed by atoms with Crippen LogP contribution in [0.1, 0.15) is 38.5 Å². The molecule has 0 bridgehead atoms. The van der Waals surface area contributed by atoms with Crippen molar-refractivity contribution in [2.75, 3.05) is 25.5 Å². The van der Waals surface area contributed by atoms with Crippen molar-refractivity contribution in [3.63, 3.8) is 0 Å². The maximum Gasteiger partial charge on any atom is 0.321 e. The molecule has 0 spiro atoms. The summed E-state index contributed by atoms with van der Waals surface area (Å²) in [5.41, 5.74) is -0.267. The molecule has 1 amide bonds. The number of sulfonamides is 1. The lowest BCUT2D eigenvalue weighted by molar-refractivity contribution is -0.384. The van der Waals surface area contributed by atoms with Gasteiger partial charge in [-0.1, -0.05) is 25.7 Å². The summed E-state index contributed by atoms with van der Waals surface area (Å²) in [5, 5.41) is 16.5. The van der Waals surface area contributed by atoms with Crippen molar-refractivity contribution in [3.05, 3.63) is 28.3 Å². The summed E-state index contributed by atoms with van der Waals surface area (Å²) in [7, 11) is -2.72. The number of rotatable bonds is 9. The minimum absolute atomic E-state index is 0.0635. The molecule has 1 fully saturated rings. The first-order valence-electron chi connectivity index (χ1n) is 9.64. The highest BCUT2D eigenvalue weighted by molar-refractivity contribution is 7.89. The van der Waals surface area contributed by atoms with Crippen LogP contribution in [0.25, 0.3) is 0 Å². The van der Waals surface area contributed by atoms with Gasteiger partial charge in [0.2, 0.25) is 10.0 Å². The molecule has 1 aliphatic carbocycles. The number of nitrogens with one attached hydrogen (secondary N) is 3. The molecule has 3 N–H and O–H groups in total. The lowest BCUT2D eigenvalue weighted by Gasteiger charge is -2.16. The topological polar surface area (TPSA) is 157 Å². The molecule has 0 unspecified atom stereocenters. The predicted octanol–water partition coefficient (Wildman–Crippen LogP) is 1.30. The Kier molecular flexibility index (Phi) is 8.54. The molecule has 1 aromatic rings. The van der Waals surface area contributed by atoms with E-state index in [-0.39, 0.29) is 16.6 Å². The predicted molar refractivity (Wildman–Crippen MR) is 108 cm³/mol. The molecule has 1 aromatic carbocycles. The molecule has 2 rings (SSSR count). The van der Waals surface area contributed by atoms with E-state index in [4.69, 9.17) is 4.74 Å². The van der Waals surface area contributed by atoms with E-state index in [2.05, 4.69) is 10.6 Å². The number of hydrogen-bond acceptors (Lipinski definition) is 8. The Balaban J connectivity index is 1.85. The number of carbonyl (C=O) groups is 2. The number of carbonyl (C=O) groups excluding carboxylic acids is 2. The SMILES string of the molecule is CNc1ccc(S(=O)(=O)NCC(=O)OCC(=O)NC2CCCCCC2)cc1[N+](=O)[O-]. The van der Waals surface area contributed by atoms with Crippen LogP contribution < -0.4 is 15.4 Å². The van der Waals surface area contributed by atoms with Gasteiger partial charge in [0.05, 0.1) is 9.82 Å². The van der Waals surface area contributed by atoms with E-state index < -0.39 is 45.7 Å². The van der Waals surface area contributed by atoms with Gasteiger partial charge in [-0.25, -0.2) is 8.42 Å². The van der Waals surface area contributed by atoms with Gasteiger partial charge in [-0.15, -0.1) is 0 Å². The number of nitro benzene ring substituents is 1. The number of amides is 1. The van der Waals surface area contributed by atoms with Crippen molar-refractivity contribution >= 4 is 33.3 Å². The maximum absolute atomic E-state index is 12.3. The lowest BCUT2D eigenvalue weighted by Crippen LogP contribution is -2.38. The van der Waals surface area contributed by atoms with Gasteiger partial charge in [-0.05, 0) is 25.0 Å². The normalized spacial score (nSPS) is 15.1. The Morgan fingerprint density at radius 1 is 1.20 bits per heavy atom. The minimum Gasteiger partial charge on any atom is -0.455 e. The number of ether oxygens (including phenoxy) is 1. The highest BCUT2D eigenvalue weighted by atomic mass is 32.2. The zero-order chi connectivity index (χ0) is 22.1. The van der Waals surface area contributed by atoms with E-state index in [0.717, 1.165) is 44.6 Å². The van der Waals surface area contributed by atoms with Crippen LogP contribution in [0.15, 0.2) is 23.1 Å². The Morgan fingerprint density at radius 3 is 2.47 bits per heavy atom. The van der Waals surface area contributed by atoms with Crippen LogP contribution in [0.4, 0.5) is 11.4 Å². The highest BCUT2D eigenvalue weighted by Gasteiger charge is 2.22. The van der Waals surface area contributed by atoms with Crippen LogP contribution in [-0.4, -0.2) is 51.5 Å². The molecule has 0 saturated heterocycles. The molecule has 1 saturated carbocycles. The zero-order valence-electron chi connectivity index (χ0n) is 16.7. The van der Waals surface area contributed by atoms with Gasteiger partial charge in [0.25, 0.3) is 11.6 Å².